The molecule has 1 aromatic rings. The second-order valence-electron chi connectivity index (χ2n) is 5.74. The van der Waals surface area contributed by atoms with E-state index in [1.54, 1.807) is 6.92 Å². The molecule has 0 saturated carbocycles. The summed E-state index contributed by atoms with van der Waals surface area (Å²) in [5, 5.41) is 12.5. The molecule has 6 nitrogen and oxygen atoms in total. The summed E-state index contributed by atoms with van der Waals surface area (Å²) >= 11 is 0. The number of likely N-dealkylation sites (tertiary alicyclic amines) is 1. The predicted octanol–water partition coefficient (Wildman–Crippen LogP) is 0.125. The van der Waals surface area contributed by atoms with Gasteiger partial charge in [0.1, 0.15) is 6.04 Å². The van der Waals surface area contributed by atoms with Crippen LogP contribution in [-0.2, 0) is 9.59 Å². The van der Waals surface area contributed by atoms with Crippen LogP contribution in [0.15, 0.2) is 36.4 Å². The summed E-state index contributed by atoms with van der Waals surface area (Å²) in [5.74, 6) is -0.588. The van der Waals surface area contributed by atoms with Crippen LogP contribution in [0.4, 0.5) is 0 Å². The second kappa shape index (κ2) is 7.89. The number of nitrogens with one attached hydrogen (secondary N) is 1. The van der Waals surface area contributed by atoms with Gasteiger partial charge in [-0.2, -0.15) is 0 Å². The van der Waals surface area contributed by atoms with Crippen LogP contribution < -0.4 is 11.1 Å². The van der Waals surface area contributed by atoms with E-state index in [0.717, 1.165) is 5.56 Å². The van der Waals surface area contributed by atoms with Gasteiger partial charge in [-0.25, -0.2) is 0 Å². The molecule has 6 heteroatoms. The largest absolute Gasteiger partial charge is 0.391 e. The van der Waals surface area contributed by atoms with Crippen LogP contribution in [0.1, 0.15) is 18.9 Å². The van der Waals surface area contributed by atoms with Gasteiger partial charge in [-0.15, -0.1) is 0 Å². The molecule has 0 spiro atoms. The van der Waals surface area contributed by atoms with E-state index < -0.39 is 18.2 Å². The Bertz CT molecular complexity index is 572. The van der Waals surface area contributed by atoms with Crippen molar-refractivity contribution in [2.24, 2.45) is 5.73 Å². The predicted molar refractivity (Wildman–Crippen MR) is 88.3 cm³/mol. The van der Waals surface area contributed by atoms with Gasteiger partial charge in [0.05, 0.1) is 12.1 Å². The third-order valence-corrected chi connectivity index (χ3v) is 3.76. The molecule has 0 bridgehead atoms. The number of hydrogen-bond acceptors (Lipinski definition) is 4. The fourth-order valence-corrected chi connectivity index (χ4v) is 2.60. The summed E-state index contributed by atoms with van der Waals surface area (Å²) in [4.78, 5) is 25.6. The molecule has 0 radical (unpaired) electrons. The van der Waals surface area contributed by atoms with E-state index in [4.69, 9.17) is 5.73 Å². The number of aliphatic hydroxyl groups excluding tert-OH is 1. The number of carbonyl (C=O) groups is 2. The Balaban J connectivity index is 1.89. The number of carbonyl (C=O) groups excluding carboxylic acids is 2. The molecule has 0 unspecified atom stereocenters. The number of rotatable bonds is 5. The summed E-state index contributed by atoms with van der Waals surface area (Å²) in [7, 11) is 0. The first-order valence-corrected chi connectivity index (χ1v) is 7.72. The van der Waals surface area contributed by atoms with E-state index >= 15 is 0 Å². The molecule has 1 heterocycles. The Hall–Kier alpha value is -2.18. The number of hydrogen-bond donors (Lipinski definition) is 3. The molecule has 2 rings (SSSR count). The lowest BCUT2D eigenvalue weighted by Crippen LogP contribution is -2.50. The van der Waals surface area contributed by atoms with Crippen molar-refractivity contribution in [2.75, 3.05) is 13.1 Å². The van der Waals surface area contributed by atoms with Crippen molar-refractivity contribution in [3.63, 3.8) is 0 Å². The van der Waals surface area contributed by atoms with Crippen molar-refractivity contribution in [1.82, 2.24) is 10.2 Å². The van der Waals surface area contributed by atoms with Gasteiger partial charge in [-0.05, 0) is 12.5 Å². The standard InChI is InChI=1S/C17H23N3O3/c1-12(18)17(23)20-11-14(21)10-15(20)16(22)19-9-5-8-13-6-3-2-4-7-13/h2-8,12,14-15,21H,9-11,18H2,1H3,(H,19,22)/b8-5+/t12-,14+,15-/m0/s1. The molecular formula is C17H23N3O3. The fraction of sp³-hybridized carbons (Fsp3) is 0.412. The first-order chi connectivity index (χ1) is 11.0. The van der Waals surface area contributed by atoms with E-state index in [9.17, 15) is 14.7 Å². The number of β-amino-alcohol motifs (C(OH)–C–C–N with tert-alkyl or cyclic N) is 1. The highest BCUT2D eigenvalue weighted by Gasteiger charge is 2.39. The second-order valence-corrected chi connectivity index (χ2v) is 5.74. The van der Waals surface area contributed by atoms with Crippen LogP contribution in [0.25, 0.3) is 6.08 Å². The number of nitrogens with zero attached hydrogens (tertiary/aromatic N) is 1. The maximum Gasteiger partial charge on any atom is 0.243 e. The van der Waals surface area contributed by atoms with Gasteiger partial charge in [0.15, 0.2) is 0 Å². The highest BCUT2D eigenvalue weighted by molar-refractivity contribution is 5.90. The summed E-state index contributed by atoms with van der Waals surface area (Å²) in [5.41, 5.74) is 6.64. The zero-order valence-corrected chi connectivity index (χ0v) is 13.2. The van der Waals surface area contributed by atoms with Gasteiger partial charge in [0.2, 0.25) is 11.8 Å². The van der Waals surface area contributed by atoms with E-state index in [-0.39, 0.29) is 24.8 Å². The van der Waals surface area contributed by atoms with Crippen molar-refractivity contribution in [3.8, 4) is 0 Å². The maximum absolute atomic E-state index is 12.2. The molecular weight excluding hydrogens is 294 g/mol. The van der Waals surface area contributed by atoms with Crippen LogP contribution in [0.5, 0.6) is 0 Å². The molecule has 0 aliphatic carbocycles. The Morgan fingerprint density at radius 3 is 2.78 bits per heavy atom. The molecule has 1 fully saturated rings. The van der Waals surface area contributed by atoms with E-state index in [2.05, 4.69) is 5.32 Å². The zero-order chi connectivity index (χ0) is 16.8. The molecule has 4 N–H and O–H groups in total. The molecule has 124 valence electrons. The molecule has 1 aliphatic heterocycles. The molecule has 1 saturated heterocycles. The Morgan fingerprint density at radius 2 is 2.13 bits per heavy atom. The van der Waals surface area contributed by atoms with Gasteiger partial charge in [-0.1, -0.05) is 42.5 Å². The number of benzene rings is 1. The van der Waals surface area contributed by atoms with Crippen molar-refractivity contribution in [3.05, 3.63) is 42.0 Å². The molecule has 1 aliphatic rings. The summed E-state index contributed by atoms with van der Waals surface area (Å²) < 4.78 is 0. The Kier molecular flexibility index (Phi) is 5.90. The highest BCUT2D eigenvalue weighted by Crippen LogP contribution is 2.19. The minimum absolute atomic E-state index is 0.151. The van der Waals surface area contributed by atoms with Gasteiger partial charge in [-0.3, -0.25) is 9.59 Å². The van der Waals surface area contributed by atoms with Gasteiger partial charge >= 0.3 is 0 Å². The van der Waals surface area contributed by atoms with Gasteiger partial charge < -0.3 is 21.1 Å². The topological polar surface area (TPSA) is 95.7 Å². The van der Waals surface area contributed by atoms with E-state index in [0.29, 0.717) is 6.54 Å². The normalized spacial score (nSPS) is 22.3. The van der Waals surface area contributed by atoms with Crippen LogP contribution in [-0.4, -0.2) is 53.1 Å². The summed E-state index contributed by atoms with van der Waals surface area (Å²) in [6.07, 6.45) is 3.31. The quantitative estimate of drug-likeness (QED) is 0.719. The van der Waals surface area contributed by atoms with Crippen LogP contribution >= 0.6 is 0 Å². The minimum atomic E-state index is -0.687. The van der Waals surface area contributed by atoms with E-state index in [1.807, 2.05) is 42.5 Å². The van der Waals surface area contributed by atoms with Crippen molar-refractivity contribution in [2.45, 2.75) is 31.5 Å². The van der Waals surface area contributed by atoms with Crippen molar-refractivity contribution < 1.29 is 14.7 Å². The number of aliphatic hydroxyl groups is 1. The van der Waals surface area contributed by atoms with Crippen LogP contribution in [0.2, 0.25) is 0 Å². The molecule has 0 aromatic heterocycles. The number of amides is 2. The number of nitrogens with two attached hydrogens (primary N) is 1. The lowest BCUT2D eigenvalue weighted by molar-refractivity contribution is -0.139. The zero-order valence-electron chi connectivity index (χ0n) is 13.2. The lowest BCUT2D eigenvalue weighted by Gasteiger charge is -2.25. The third-order valence-electron chi connectivity index (χ3n) is 3.76. The monoisotopic (exact) mass is 317 g/mol. The average Bonchev–Trinajstić information content (AvgIpc) is 2.93. The van der Waals surface area contributed by atoms with Crippen molar-refractivity contribution >= 4 is 17.9 Å². The van der Waals surface area contributed by atoms with Crippen molar-refractivity contribution in [1.29, 1.82) is 0 Å². The smallest absolute Gasteiger partial charge is 0.243 e. The molecule has 23 heavy (non-hydrogen) atoms. The molecule has 2 amide bonds. The van der Waals surface area contributed by atoms with Crippen LogP contribution in [0, 0.1) is 0 Å². The fourth-order valence-electron chi connectivity index (χ4n) is 2.60. The van der Waals surface area contributed by atoms with Gasteiger partial charge in [0.25, 0.3) is 0 Å². The molecule has 1 aromatic carbocycles. The average molecular weight is 317 g/mol. The Morgan fingerprint density at radius 1 is 1.43 bits per heavy atom. The summed E-state index contributed by atoms with van der Waals surface area (Å²) in [6.45, 7) is 2.09. The highest BCUT2D eigenvalue weighted by atomic mass is 16.3. The minimum Gasteiger partial charge on any atom is -0.391 e. The Labute approximate surface area is 136 Å². The first-order valence-electron chi connectivity index (χ1n) is 7.72. The van der Waals surface area contributed by atoms with Crippen LogP contribution in [0.3, 0.4) is 0 Å². The van der Waals surface area contributed by atoms with Gasteiger partial charge in [0, 0.05) is 19.5 Å². The summed E-state index contributed by atoms with van der Waals surface area (Å²) in [6, 6.07) is 8.41. The SMILES string of the molecule is C[C@H](N)C(=O)N1C[C@H](O)C[C@H]1C(=O)NC/C=C/c1ccccc1. The lowest BCUT2D eigenvalue weighted by atomic mass is 10.1. The van der Waals surface area contributed by atoms with E-state index in [1.165, 1.54) is 4.90 Å². The first kappa shape index (κ1) is 17.2. The molecule has 3 atom stereocenters. The third kappa shape index (κ3) is 4.64. The maximum atomic E-state index is 12.2.